The first-order valence-corrected chi connectivity index (χ1v) is 10.2. The fourth-order valence-corrected chi connectivity index (χ4v) is 2.66. The lowest BCUT2D eigenvalue weighted by Crippen LogP contribution is -2.63. The fourth-order valence-electron chi connectivity index (χ4n) is 2.66. The van der Waals surface area contributed by atoms with E-state index in [-0.39, 0.29) is 32.3 Å². The molecule has 11 nitrogen and oxygen atoms in total. The van der Waals surface area contributed by atoms with E-state index in [9.17, 15) is 24.0 Å². The predicted octanol–water partition coefficient (Wildman–Crippen LogP) is 1.19. The molecular formula is C20H30O11. The Bertz CT molecular complexity index is 660. The highest BCUT2D eigenvalue weighted by atomic mass is 16.7. The first kappa shape index (κ1) is 26.3. The zero-order valence-electron chi connectivity index (χ0n) is 18.4. The number of rotatable bonds is 10. The average Bonchev–Trinajstić information content (AvgIpc) is 2.74. The van der Waals surface area contributed by atoms with Crippen LogP contribution >= 0.6 is 0 Å². The Morgan fingerprint density at radius 3 is 1.55 bits per heavy atom. The molecule has 0 aromatic carbocycles. The summed E-state index contributed by atoms with van der Waals surface area (Å²) in [7, 11) is 0. The minimum Gasteiger partial charge on any atom is -0.463 e. The van der Waals surface area contributed by atoms with Crippen molar-refractivity contribution in [3.8, 4) is 0 Å². The molecule has 0 unspecified atom stereocenters. The van der Waals surface area contributed by atoms with Gasteiger partial charge in [-0.15, -0.1) is 0 Å². The third-order valence-corrected chi connectivity index (χ3v) is 4.24. The van der Waals surface area contributed by atoms with Crippen molar-refractivity contribution >= 4 is 29.8 Å². The molecule has 0 N–H and O–H groups in total. The quantitative estimate of drug-likeness (QED) is 0.353. The molecule has 1 rings (SSSR count). The molecule has 0 radical (unpaired) electrons. The Morgan fingerprint density at radius 1 is 0.645 bits per heavy atom. The standard InChI is InChI=1S/C20H30O11/c1-6-13(22)26-10-12-17(29-14(23)7-2)18(30-15(24)8-3)19(31-16(25)9-4)20(28-12)27-11(5)21/h12,17-20H,6-10H2,1-5H3/t12-,17-,18+,19-,20-/m1/s1. The van der Waals surface area contributed by atoms with E-state index in [1.807, 2.05) is 0 Å². The van der Waals surface area contributed by atoms with Gasteiger partial charge in [0, 0.05) is 32.6 Å². The lowest BCUT2D eigenvalue weighted by atomic mass is 9.98. The number of carbonyl (C=O) groups excluding carboxylic acids is 5. The van der Waals surface area contributed by atoms with Gasteiger partial charge in [-0.05, 0) is 0 Å². The summed E-state index contributed by atoms with van der Waals surface area (Å²) in [6.07, 6.45) is -6.63. The van der Waals surface area contributed by atoms with Crippen LogP contribution in [0.5, 0.6) is 0 Å². The zero-order chi connectivity index (χ0) is 23.6. The number of esters is 5. The van der Waals surface area contributed by atoms with Crippen LogP contribution in [0.4, 0.5) is 0 Å². The van der Waals surface area contributed by atoms with Crippen LogP contribution < -0.4 is 0 Å². The van der Waals surface area contributed by atoms with Crippen molar-refractivity contribution < 1.29 is 52.4 Å². The van der Waals surface area contributed by atoms with Crippen molar-refractivity contribution in [2.24, 2.45) is 0 Å². The highest BCUT2D eigenvalue weighted by molar-refractivity contribution is 5.72. The minimum atomic E-state index is -1.48. The Labute approximate surface area is 180 Å². The van der Waals surface area contributed by atoms with E-state index in [1.54, 1.807) is 27.7 Å². The second-order valence-corrected chi connectivity index (χ2v) is 6.61. The van der Waals surface area contributed by atoms with Crippen molar-refractivity contribution in [3.05, 3.63) is 0 Å². The topological polar surface area (TPSA) is 141 Å². The van der Waals surface area contributed by atoms with E-state index >= 15 is 0 Å². The van der Waals surface area contributed by atoms with Gasteiger partial charge in [-0.3, -0.25) is 24.0 Å². The third kappa shape index (κ3) is 8.16. The Morgan fingerprint density at radius 2 is 1.10 bits per heavy atom. The predicted molar refractivity (Wildman–Crippen MR) is 102 cm³/mol. The molecule has 0 saturated carbocycles. The summed E-state index contributed by atoms with van der Waals surface area (Å²) >= 11 is 0. The van der Waals surface area contributed by atoms with Crippen molar-refractivity contribution in [3.63, 3.8) is 0 Å². The molecule has 0 spiro atoms. The number of ether oxygens (including phenoxy) is 6. The van der Waals surface area contributed by atoms with Crippen molar-refractivity contribution in [1.29, 1.82) is 0 Å². The summed E-state index contributed by atoms with van der Waals surface area (Å²) < 4.78 is 32.1. The monoisotopic (exact) mass is 446 g/mol. The summed E-state index contributed by atoms with van der Waals surface area (Å²) in [5.74, 6) is -3.30. The van der Waals surface area contributed by atoms with Gasteiger partial charge in [0.2, 0.25) is 12.4 Å². The van der Waals surface area contributed by atoms with Gasteiger partial charge in [0.15, 0.2) is 12.2 Å². The molecule has 1 heterocycles. The van der Waals surface area contributed by atoms with Crippen LogP contribution in [0.15, 0.2) is 0 Å². The van der Waals surface area contributed by atoms with Crippen LogP contribution in [-0.2, 0) is 52.4 Å². The first-order chi connectivity index (χ1) is 14.7. The average molecular weight is 446 g/mol. The van der Waals surface area contributed by atoms with E-state index in [0.717, 1.165) is 6.92 Å². The molecule has 31 heavy (non-hydrogen) atoms. The SMILES string of the molecule is CCC(=O)OC[C@H]1O[C@@H](OC(C)=O)[C@H](OC(=O)CC)[C@@H](OC(=O)CC)[C@@H]1OC(=O)CC. The van der Waals surface area contributed by atoms with Crippen molar-refractivity contribution in [1.82, 2.24) is 0 Å². The summed E-state index contributed by atoms with van der Waals surface area (Å²) in [4.78, 5) is 59.4. The van der Waals surface area contributed by atoms with Gasteiger partial charge in [0.25, 0.3) is 0 Å². The Balaban J connectivity index is 3.37. The van der Waals surface area contributed by atoms with E-state index < -0.39 is 60.6 Å². The van der Waals surface area contributed by atoms with Gasteiger partial charge < -0.3 is 28.4 Å². The van der Waals surface area contributed by atoms with Crippen molar-refractivity contribution in [2.45, 2.75) is 91.0 Å². The maximum atomic E-state index is 12.1. The lowest BCUT2D eigenvalue weighted by Gasteiger charge is -2.43. The van der Waals surface area contributed by atoms with Gasteiger partial charge in [0.1, 0.15) is 12.7 Å². The summed E-state index contributed by atoms with van der Waals surface area (Å²) in [5.41, 5.74) is 0. The summed E-state index contributed by atoms with van der Waals surface area (Å²) in [6, 6.07) is 0. The molecular weight excluding hydrogens is 416 g/mol. The first-order valence-electron chi connectivity index (χ1n) is 10.2. The number of hydrogen-bond acceptors (Lipinski definition) is 11. The molecule has 0 aromatic rings. The molecule has 176 valence electrons. The van der Waals surface area contributed by atoms with Crippen LogP contribution in [-0.4, -0.2) is 67.2 Å². The Hall–Kier alpha value is -2.69. The largest absolute Gasteiger partial charge is 0.463 e. The second-order valence-electron chi connectivity index (χ2n) is 6.61. The number of hydrogen-bond donors (Lipinski definition) is 0. The van der Waals surface area contributed by atoms with Crippen molar-refractivity contribution in [2.75, 3.05) is 6.61 Å². The van der Waals surface area contributed by atoms with Crippen LogP contribution in [0.3, 0.4) is 0 Å². The lowest BCUT2D eigenvalue weighted by molar-refractivity contribution is -0.301. The molecule has 1 fully saturated rings. The zero-order valence-corrected chi connectivity index (χ0v) is 18.4. The van der Waals surface area contributed by atoms with Gasteiger partial charge in [-0.1, -0.05) is 27.7 Å². The highest BCUT2D eigenvalue weighted by Gasteiger charge is 2.54. The van der Waals surface area contributed by atoms with Crippen LogP contribution in [0, 0.1) is 0 Å². The molecule has 0 bridgehead atoms. The molecule has 5 atom stereocenters. The van der Waals surface area contributed by atoms with E-state index in [1.165, 1.54) is 0 Å². The normalized spacial score (nSPS) is 25.1. The van der Waals surface area contributed by atoms with E-state index in [0.29, 0.717) is 0 Å². The third-order valence-electron chi connectivity index (χ3n) is 4.24. The number of carbonyl (C=O) groups is 5. The van der Waals surface area contributed by atoms with Gasteiger partial charge >= 0.3 is 29.8 Å². The fraction of sp³-hybridized carbons (Fsp3) is 0.750. The smallest absolute Gasteiger partial charge is 0.306 e. The van der Waals surface area contributed by atoms with E-state index in [4.69, 9.17) is 28.4 Å². The molecule has 0 amide bonds. The van der Waals surface area contributed by atoms with E-state index in [2.05, 4.69) is 0 Å². The minimum absolute atomic E-state index is 0.000793. The molecule has 1 aliphatic heterocycles. The van der Waals surface area contributed by atoms with Crippen LogP contribution in [0.2, 0.25) is 0 Å². The van der Waals surface area contributed by atoms with Crippen LogP contribution in [0.1, 0.15) is 60.3 Å². The maximum absolute atomic E-state index is 12.1. The summed E-state index contributed by atoms with van der Waals surface area (Å²) in [5, 5.41) is 0. The van der Waals surface area contributed by atoms with Gasteiger partial charge in [-0.2, -0.15) is 0 Å². The molecule has 1 aliphatic rings. The Kier molecular flexibility index (Phi) is 10.9. The second kappa shape index (κ2) is 12.9. The molecule has 0 aromatic heterocycles. The molecule has 11 heteroatoms. The summed E-state index contributed by atoms with van der Waals surface area (Å²) in [6.45, 7) is 6.98. The highest BCUT2D eigenvalue weighted by Crippen LogP contribution is 2.30. The van der Waals surface area contributed by atoms with Gasteiger partial charge in [0.05, 0.1) is 0 Å². The van der Waals surface area contributed by atoms with Gasteiger partial charge in [-0.25, -0.2) is 0 Å². The van der Waals surface area contributed by atoms with Crippen LogP contribution in [0.25, 0.3) is 0 Å². The molecule has 1 saturated heterocycles. The molecule has 0 aliphatic carbocycles. The maximum Gasteiger partial charge on any atom is 0.306 e.